The average Bonchev–Trinajstić information content (AvgIpc) is 3.12. The van der Waals surface area contributed by atoms with Crippen molar-refractivity contribution in [2.75, 3.05) is 10.6 Å². The molecule has 0 radical (unpaired) electrons. The van der Waals surface area contributed by atoms with Crippen LogP contribution in [0.2, 0.25) is 0 Å². The lowest BCUT2D eigenvalue weighted by Crippen LogP contribution is -2.36. The van der Waals surface area contributed by atoms with Gasteiger partial charge in [0.2, 0.25) is 17.8 Å². The minimum absolute atomic E-state index is 0.120. The van der Waals surface area contributed by atoms with Gasteiger partial charge in [-0.1, -0.05) is 36.4 Å². The van der Waals surface area contributed by atoms with Crippen LogP contribution in [0, 0.1) is 10.1 Å². The number of hydrogen-bond acceptors (Lipinski definition) is 6. The van der Waals surface area contributed by atoms with Crippen LogP contribution in [0.4, 0.5) is 17.3 Å². The van der Waals surface area contributed by atoms with E-state index in [1.165, 1.54) is 28.9 Å². The maximum absolute atomic E-state index is 12.8. The van der Waals surface area contributed by atoms with Gasteiger partial charge in [-0.3, -0.25) is 25.0 Å². The topological polar surface area (TPSA) is 132 Å². The molecule has 0 unspecified atom stereocenters. The number of hydrogen-bond donors (Lipinski definition) is 2. The number of nitrogens with one attached hydrogen (secondary N) is 2. The third kappa shape index (κ3) is 3.30. The van der Waals surface area contributed by atoms with Gasteiger partial charge in [-0.15, -0.1) is 5.10 Å². The van der Waals surface area contributed by atoms with Gasteiger partial charge in [0, 0.05) is 23.4 Å². The smallest absolute Gasteiger partial charge is 0.271 e. The highest BCUT2D eigenvalue weighted by Crippen LogP contribution is 2.27. The summed E-state index contributed by atoms with van der Waals surface area (Å²) >= 11 is 0. The Morgan fingerprint density at radius 2 is 2.00 bits per heavy atom. The van der Waals surface area contributed by atoms with E-state index in [2.05, 4.69) is 20.7 Å². The largest absolute Gasteiger partial charge is 0.324 e. The third-order valence-corrected chi connectivity index (χ3v) is 4.22. The molecule has 1 atom stereocenters. The van der Waals surface area contributed by atoms with E-state index in [0.29, 0.717) is 5.82 Å². The molecule has 2 amide bonds. The number of carbonyl (C=O) groups is 2. The standard InChI is InChI=1S/C18H14N6O4/c25-15-10-14(17(26)19-12-7-4-8-13(9-12)24(27)28)23-18(20-15)21-16(22-23)11-5-2-1-3-6-11/h1-9,14H,10H2,(H,19,26)(H,20,21,22,25)/t14-/m0/s1. The molecule has 2 N–H and O–H groups in total. The number of fused-ring (bicyclic) bond motifs is 1. The maximum Gasteiger partial charge on any atom is 0.271 e. The van der Waals surface area contributed by atoms with Crippen LogP contribution in [0.1, 0.15) is 12.5 Å². The number of aromatic nitrogens is 3. The van der Waals surface area contributed by atoms with Gasteiger partial charge in [-0.05, 0) is 6.07 Å². The van der Waals surface area contributed by atoms with Crippen LogP contribution in [0.15, 0.2) is 54.6 Å². The zero-order valence-corrected chi connectivity index (χ0v) is 14.4. The second-order valence-corrected chi connectivity index (χ2v) is 6.13. The lowest BCUT2D eigenvalue weighted by atomic mass is 10.1. The van der Waals surface area contributed by atoms with Gasteiger partial charge in [0.1, 0.15) is 6.04 Å². The quantitative estimate of drug-likeness (QED) is 0.529. The first kappa shape index (κ1) is 17.3. The highest BCUT2D eigenvalue weighted by molar-refractivity contribution is 6.01. The van der Waals surface area contributed by atoms with Crippen molar-refractivity contribution in [2.24, 2.45) is 0 Å². The van der Waals surface area contributed by atoms with Crippen LogP contribution in [0.3, 0.4) is 0 Å². The molecule has 0 aliphatic carbocycles. The van der Waals surface area contributed by atoms with E-state index in [4.69, 9.17) is 0 Å². The summed E-state index contributed by atoms with van der Waals surface area (Å²) in [5, 5.41) is 20.5. The van der Waals surface area contributed by atoms with E-state index in [0.717, 1.165) is 5.56 Å². The Balaban J connectivity index is 1.63. The molecule has 0 spiro atoms. The molecular formula is C18H14N6O4. The maximum atomic E-state index is 12.8. The number of carbonyl (C=O) groups excluding carboxylic acids is 2. The van der Waals surface area contributed by atoms with Crippen molar-refractivity contribution in [3.63, 3.8) is 0 Å². The number of nitrogens with zero attached hydrogens (tertiary/aromatic N) is 4. The summed E-state index contributed by atoms with van der Waals surface area (Å²) in [6.07, 6.45) is -0.120. The van der Waals surface area contributed by atoms with Crippen molar-refractivity contribution in [3.8, 4) is 11.4 Å². The van der Waals surface area contributed by atoms with E-state index in [-0.39, 0.29) is 29.7 Å². The molecule has 10 heteroatoms. The van der Waals surface area contributed by atoms with Crippen molar-refractivity contribution in [1.29, 1.82) is 0 Å². The minimum Gasteiger partial charge on any atom is -0.324 e. The fraction of sp³-hybridized carbons (Fsp3) is 0.111. The molecule has 140 valence electrons. The van der Waals surface area contributed by atoms with E-state index in [1.54, 1.807) is 0 Å². The molecule has 1 aliphatic heterocycles. The first-order chi connectivity index (χ1) is 13.5. The number of rotatable bonds is 4. The summed E-state index contributed by atoms with van der Waals surface area (Å²) in [5.74, 6) is -0.319. The molecule has 28 heavy (non-hydrogen) atoms. The van der Waals surface area contributed by atoms with Gasteiger partial charge in [-0.2, -0.15) is 4.98 Å². The molecule has 0 fully saturated rings. The zero-order chi connectivity index (χ0) is 19.7. The molecule has 0 saturated carbocycles. The van der Waals surface area contributed by atoms with E-state index >= 15 is 0 Å². The summed E-state index contributed by atoms with van der Waals surface area (Å²) in [4.78, 5) is 39.4. The Bertz CT molecular complexity index is 1080. The SMILES string of the molecule is O=C1C[C@@H](C(=O)Nc2cccc([N+](=O)[O-])c2)n2nc(-c3ccccc3)nc2N1. The predicted molar refractivity (Wildman–Crippen MR) is 99.5 cm³/mol. The van der Waals surface area contributed by atoms with Gasteiger partial charge >= 0.3 is 0 Å². The Labute approximate surface area is 158 Å². The van der Waals surface area contributed by atoms with Crippen molar-refractivity contribution < 1.29 is 14.5 Å². The molecule has 2 heterocycles. The predicted octanol–water partition coefficient (Wildman–Crippen LogP) is 2.38. The highest BCUT2D eigenvalue weighted by Gasteiger charge is 2.33. The van der Waals surface area contributed by atoms with Gasteiger partial charge < -0.3 is 5.32 Å². The summed E-state index contributed by atoms with van der Waals surface area (Å²) in [6, 6.07) is 13.8. The first-order valence-corrected chi connectivity index (χ1v) is 8.38. The summed E-state index contributed by atoms with van der Waals surface area (Å²) in [6.45, 7) is 0. The van der Waals surface area contributed by atoms with Crippen LogP contribution in [-0.4, -0.2) is 31.5 Å². The summed E-state index contributed by atoms with van der Waals surface area (Å²) in [5.41, 5.74) is 0.860. The first-order valence-electron chi connectivity index (χ1n) is 8.38. The molecular weight excluding hydrogens is 364 g/mol. The van der Waals surface area contributed by atoms with Crippen LogP contribution in [0.25, 0.3) is 11.4 Å². The van der Waals surface area contributed by atoms with Gasteiger partial charge in [0.25, 0.3) is 5.69 Å². The van der Waals surface area contributed by atoms with Crippen molar-refractivity contribution in [2.45, 2.75) is 12.5 Å². The van der Waals surface area contributed by atoms with Gasteiger partial charge in [-0.25, -0.2) is 4.68 Å². The minimum atomic E-state index is -0.923. The molecule has 1 aliphatic rings. The Kier molecular flexibility index (Phi) is 4.28. The number of nitro benzene ring substituents is 1. The zero-order valence-electron chi connectivity index (χ0n) is 14.4. The second-order valence-electron chi connectivity index (χ2n) is 6.13. The molecule has 0 saturated heterocycles. The van der Waals surface area contributed by atoms with Crippen LogP contribution >= 0.6 is 0 Å². The third-order valence-electron chi connectivity index (χ3n) is 4.22. The van der Waals surface area contributed by atoms with E-state index < -0.39 is 16.9 Å². The number of benzene rings is 2. The Hall–Kier alpha value is -4.08. The number of non-ortho nitro benzene ring substituents is 1. The summed E-state index contributed by atoms with van der Waals surface area (Å²) in [7, 11) is 0. The molecule has 3 aromatic rings. The lowest BCUT2D eigenvalue weighted by molar-refractivity contribution is -0.384. The molecule has 4 rings (SSSR count). The van der Waals surface area contributed by atoms with E-state index in [1.807, 2.05) is 30.3 Å². The highest BCUT2D eigenvalue weighted by atomic mass is 16.6. The average molecular weight is 378 g/mol. The fourth-order valence-corrected chi connectivity index (χ4v) is 2.90. The molecule has 1 aromatic heterocycles. The number of anilines is 2. The number of nitro groups is 1. The van der Waals surface area contributed by atoms with Gasteiger partial charge in [0.05, 0.1) is 11.3 Å². The Morgan fingerprint density at radius 1 is 1.21 bits per heavy atom. The van der Waals surface area contributed by atoms with Crippen molar-refractivity contribution in [3.05, 3.63) is 64.7 Å². The van der Waals surface area contributed by atoms with Crippen LogP contribution in [-0.2, 0) is 9.59 Å². The Morgan fingerprint density at radius 3 is 2.75 bits per heavy atom. The monoisotopic (exact) mass is 378 g/mol. The molecule has 2 aromatic carbocycles. The van der Waals surface area contributed by atoms with E-state index in [9.17, 15) is 19.7 Å². The number of amides is 2. The summed E-state index contributed by atoms with van der Waals surface area (Å²) < 4.78 is 1.36. The van der Waals surface area contributed by atoms with Crippen molar-refractivity contribution in [1.82, 2.24) is 14.8 Å². The fourth-order valence-electron chi connectivity index (χ4n) is 2.90. The van der Waals surface area contributed by atoms with Crippen LogP contribution < -0.4 is 10.6 Å². The van der Waals surface area contributed by atoms with Crippen molar-refractivity contribution >= 4 is 29.1 Å². The second kappa shape index (κ2) is 6.91. The van der Waals surface area contributed by atoms with Crippen LogP contribution in [0.5, 0.6) is 0 Å². The molecule has 10 nitrogen and oxygen atoms in total. The molecule has 0 bridgehead atoms. The lowest BCUT2D eigenvalue weighted by Gasteiger charge is -2.22. The normalized spacial score (nSPS) is 15.4. The van der Waals surface area contributed by atoms with Gasteiger partial charge in [0.15, 0.2) is 5.82 Å².